The number of nitriles is 1. The summed E-state index contributed by atoms with van der Waals surface area (Å²) in [6.07, 6.45) is 9.52. The van der Waals surface area contributed by atoms with Gasteiger partial charge in [-0.2, -0.15) is 5.26 Å². The minimum Gasteiger partial charge on any atom is -0.369 e. The molecule has 0 radical (unpaired) electrons. The lowest BCUT2D eigenvalue weighted by Crippen LogP contribution is -2.33. The van der Waals surface area contributed by atoms with E-state index in [-0.39, 0.29) is 11.5 Å². The molecule has 90 valence electrons. The Morgan fingerprint density at radius 1 is 1.44 bits per heavy atom. The molecule has 1 fully saturated rings. The van der Waals surface area contributed by atoms with Crippen LogP contribution in [-0.4, -0.2) is 11.5 Å². The first-order chi connectivity index (χ1) is 7.53. The zero-order valence-electron chi connectivity index (χ0n) is 10.3. The largest absolute Gasteiger partial charge is 0.369 e. The second-order valence-corrected chi connectivity index (χ2v) is 5.25. The highest BCUT2D eigenvalue weighted by molar-refractivity contribution is 5.79. The van der Waals surface area contributed by atoms with Crippen LogP contribution in [0.2, 0.25) is 0 Å². The van der Waals surface area contributed by atoms with E-state index < -0.39 is 0 Å². The Kier molecular flexibility index (Phi) is 4.60. The summed E-state index contributed by atoms with van der Waals surface area (Å²) >= 11 is 0. The molecule has 0 saturated heterocycles. The third-order valence-electron chi connectivity index (χ3n) is 3.12. The van der Waals surface area contributed by atoms with E-state index in [0.29, 0.717) is 0 Å². The van der Waals surface area contributed by atoms with Crippen molar-refractivity contribution in [2.24, 2.45) is 16.6 Å². The fourth-order valence-electron chi connectivity index (χ4n) is 2.55. The van der Waals surface area contributed by atoms with Gasteiger partial charge in [0.2, 0.25) is 5.96 Å². The molecule has 0 aromatic rings. The number of guanidine groups is 1. The van der Waals surface area contributed by atoms with Crippen LogP contribution in [0.3, 0.4) is 0 Å². The zero-order chi connectivity index (χ0) is 12.0. The maximum Gasteiger partial charge on any atom is 0.202 e. The van der Waals surface area contributed by atoms with Crippen molar-refractivity contribution >= 4 is 5.96 Å². The van der Waals surface area contributed by atoms with Gasteiger partial charge in [0.25, 0.3) is 0 Å². The molecule has 0 amide bonds. The van der Waals surface area contributed by atoms with E-state index in [0.717, 1.165) is 12.3 Å². The Labute approximate surface area is 97.9 Å². The van der Waals surface area contributed by atoms with E-state index in [9.17, 15) is 0 Å². The Hall–Kier alpha value is -1.24. The van der Waals surface area contributed by atoms with Crippen molar-refractivity contribution in [1.29, 1.82) is 5.26 Å². The number of aliphatic imine (C=N–C) groups is 1. The normalized spacial score (nSPS) is 19.2. The van der Waals surface area contributed by atoms with E-state index in [2.05, 4.69) is 24.2 Å². The van der Waals surface area contributed by atoms with E-state index in [1.165, 1.54) is 32.1 Å². The second kappa shape index (κ2) is 5.74. The monoisotopic (exact) mass is 222 g/mol. The Morgan fingerprint density at radius 3 is 2.62 bits per heavy atom. The van der Waals surface area contributed by atoms with Crippen LogP contribution < -0.4 is 11.1 Å². The number of hydrogen-bond acceptors (Lipinski definition) is 2. The minimum atomic E-state index is -0.171. The Balaban J connectivity index is 2.49. The molecule has 16 heavy (non-hydrogen) atoms. The van der Waals surface area contributed by atoms with E-state index >= 15 is 0 Å². The molecule has 4 heteroatoms. The van der Waals surface area contributed by atoms with Gasteiger partial charge >= 0.3 is 0 Å². The molecule has 1 rings (SSSR count). The fourth-order valence-corrected chi connectivity index (χ4v) is 2.55. The predicted octanol–water partition coefficient (Wildman–Crippen LogP) is 2.12. The van der Waals surface area contributed by atoms with Crippen molar-refractivity contribution in [1.82, 2.24) is 5.32 Å². The quantitative estimate of drug-likeness (QED) is 0.332. The number of nitrogens with two attached hydrogens (primary N) is 1. The van der Waals surface area contributed by atoms with Crippen LogP contribution in [0.15, 0.2) is 4.99 Å². The SMILES string of the molecule is CC(C)(CC1CCCCC1)N=C(N)NC#N. The summed E-state index contributed by atoms with van der Waals surface area (Å²) in [5.41, 5.74) is 5.42. The van der Waals surface area contributed by atoms with Crippen molar-refractivity contribution in [2.45, 2.75) is 57.9 Å². The Bertz CT molecular complexity index is 282. The van der Waals surface area contributed by atoms with Gasteiger partial charge in [0, 0.05) is 0 Å². The number of nitrogens with one attached hydrogen (secondary N) is 1. The average Bonchev–Trinajstić information content (AvgIpc) is 2.17. The molecule has 0 atom stereocenters. The highest BCUT2D eigenvalue weighted by Crippen LogP contribution is 2.31. The topological polar surface area (TPSA) is 74.2 Å². The molecule has 0 bridgehead atoms. The number of rotatable bonds is 3. The van der Waals surface area contributed by atoms with Gasteiger partial charge in [-0.05, 0) is 26.2 Å². The average molecular weight is 222 g/mol. The summed E-state index contributed by atoms with van der Waals surface area (Å²) in [6, 6.07) is 0. The van der Waals surface area contributed by atoms with Crippen LogP contribution in [0.1, 0.15) is 52.4 Å². The summed E-state index contributed by atoms with van der Waals surface area (Å²) in [6.45, 7) is 4.15. The van der Waals surface area contributed by atoms with Crippen molar-refractivity contribution < 1.29 is 0 Å². The van der Waals surface area contributed by atoms with Crippen molar-refractivity contribution in [3.8, 4) is 6.19 Å². The molecule has 1 saturated carbocycles. The summed E-state index contributed by atoms with van der Waals surface area (Å²) in [7, 11) is 0. The minimum absolute atomic E-state index is 0.171. The predicted molar refractivity (Wildman–Crippen MR) is 65.6 cm³/mol. The standard InChI is InChI=1S/C12H22N4/c1-12(2,16-11(14)15-9-13)8-10-6-4-3-5-7-10/h10H,3-8H2,1-2H3,(H3,14,15,16). The van der Waals surface area contributed by atoms with E-state index in [1.807, 2.05) is 0 Å². The van der Waals surface area contributed by atoms with Gasteiger partial charge in [-0.3, -0.25) is 5.32 Å². The van der Waals surface area contributed by atoms with Crippen LogP contribution in [0, 0.1) is 17.4 Å². The van der Waals surface area contributed by atoms with Gasteiger partial charge in [-0.1, -0.05) is 32.1 Å². The molecule has 1 aliphatic rings. The van der Waals surface area contributed by atoms with Crippen LogP contribution in [0.5, 0.6) is 0 Å². The van der Waals surface area contributed by atoms with E-state index in [4.69, 9.17) is 11.0 Å². The lowest BCUT2D eigenvalue weighted by molar-refractivity contribution is 0.283. The van der Waals surface area contributed by atoms with Crippen molar-refractivity contribution in [3.63, 3.8) is 0 Å². The molecule has 0 heterocycles. The molecule has 0 unspecified atom stereocenters. The van der Waals surface area contributed by atoms with E-state index in [1.54, 1.807) is 6.19 Å². The fraction of sp³-hybridized carbons (Fsp3) is 0.833. The first-order valence-electron chi connectivity index (χ1n) is 6.04. The van der Waals surface area contributed by atoms with Gasteiger partial charge in [-0.25, -0.2) is 4.99 Å². The van der Waals surface area contributed by atoms with Crippen LogP contribution >= 0.6 is 0 Å². The molecule has 0 aromatic heterocycles. The molecule has 0 aliphatic heterocycles. The summed E-state index contributed by atoms with van der Waals surface area (Å²) < 4.78 is 0. The van der Waals surface area contributed by atoms with Crippen LogP contribution in [-0.2, 0) is 0 Å². The summed E-state index contributed by atoms with van der Waals surface area (Å²) in [5, 5.41) is 10.8. The number of nitrogens with zero attached hydrogens (tertiary/aromatic N) is 2. The molecule has 3 N–H and O–H groups in total. The highest BCUT2D eigenvalue weighted by Gasteiger charge is 2.24. The van der Waals surface area contributed by atoms with Gasteiger partial charge in [-0.15, -0.1) is 0 Å². The molecule has 0 aromatic carbocycles. The van der Waals surface area contributed by atoms with Crippen molar-refractivity contribution in [2.75, 3.05) is 0 Å². The van der Waals surface area contributed by atoms with Gasteiger partial charge in [0.05, 0.1) is 5.54 Å². The van der Waals surface area contributed by atoms with Crippen LogP contribution in [0.25, 0.3) is 0 Å². The van der Waals surface area contributed by atoms with Crippen LogP contribution in [0.4, 0.5) is 0 Å². The third kappa shape index (κ3) is 4.52. The maximum atomic E-state index is 8.43. The maximum absolute atomic E-state index is 8.43. The Morgan fingerprint density at radius 2 is 2.06 bits per heavy atom. The lowest BCUT2D eigenvalue weighted by atomic mass is 9.81. The molecular weight excluding hydrogens is 200 g/mol. The molecule has 1 aliphatic carbocycles. The second-order valence-electron chi connectivity index (χ2n) is 5.25. The summed E-state index contributed by atoms with van der Waals surface area (Å²) in [4.78, 5) is 4.35. The molecular formula is C12H22N4. The first-order valence-corrected chi connectivity index (χ1v) is 6.04. The van der Waals surface area contributed by atoms with Crippen molar-refractivity contribution in [3.05, 3.63) is 0 Å². The highest BCUT2D eigenvalue weighted by atomic mass is 15.1. The first kappa shape index (κ1) is 12.8. The number of hydrogen-bond donors (Lipinski definition) is 2. The van der Waals surface area contributed by atoms with Gasteiger partial charge in [0.15, 0.2) is 6.19 Å². The third-order valence-corrected chi connectivity index (χ3v) is 3.12. The van der Waals surface area contributed by atoms with Gasteiger partial charge < -0.3 is 5.73 Å². The lowest BCUT2D eigenvalue weighted by Gasteiger charge is -2.29. The zero-order valence-corrected chi connectivity index (χ0v) is 10.3. The molecule has 0 spiro atoms. The molecule has 4 nitrogen and oxygen atoms in total. The van der Waals surface area contributed by atoms with Gasteiger partial charge in [0.1, 0.15) is 0 Å². The summed E-state index contributed by atoms with van der Waals surface area (Å²) in [5.74, 6) is 0.991. The smallest absolute Gasteiger partial charge is 0.202 e.